The van der Waals surface area contributed by atoms with Crippen LogP contribution in [0.15, 0.2) is 18.2 Å². The molecule has 1 aromatic carbocycles. The Hall–Kier alpha value is -1.67. The first-order valence-corrected chi connectivity index (χ1v) is 5.19. The molecular weight excluding hydrogens is 226 g/mol. The molecule has 0 amide bonds. The Morgan fingerprint density at radius 3 is 2.76 bits per heavy atom. The maximum Gasteiger partial charge on any atom is 0.200 e. The minimum Gasteiger partial charge on any atom is -0.490 e. The fraction of sp³-hybridized carbons (Fsp3) is 0.417. The summed E-state index contributed by atoms with van der Waals surface area (Å²) in [7, 11) is 1.66. The maximum atomic E-state index is 13.2. The van der Waals surface area contributed by atoms with Crippen LogP contribution in [0.3, 0.4) is 0 Å². The molecule has 0 aliphatic carbocycles. The predicted molar refractivity (Wildman–Crippen MR) is 59.5 cm³/mol. The topological polar surface area (TPSA) is 45.0 Å². The Balaban J connectivity index is 2.58. The molecule has 0 saturated heterocycles. The van der Waals surface area contributed by atoms with Crippen molar-refractivity contribution in [3.8, 4) is 11.8 Å². The van der Waals surface area contributed by atoms with E-state index in [1.807, 2.05) is 0 Å². The van der Waals surface area contributed by atoms with Crippen LogP contribution in [-0.4, -0.2) is 19.2 Å². The van der Waals surface area contributed by atoms with Crippen molar-refractivity contribution in [2.45, 2.75) is 18.9 Å². The second-order valence-corrected chi connectivity index (χ2v) is 3.84. The second kappa shape index (κ2) is 5.60. The summed E-state index contributed by atoms with van der Waals surface area (Å²) < 4.78 is 31.2. The second-order valence-electron chi connectivity index (χ2n) is 3.84. The molecule has 0 aromatic heterocycles. The van der Waals surface area contributed by atoms with E-state index in [4.69, 9.17) is 10.00 Å². The summed E-state index contributed by atoms with van der Waals surface area (Å²) >= 11 is 0. The van der Waals surface area contributed by atoms with Crippen molar-refractivity contribution in [1.82, 2.24) is 5.32 Å². The van der Waals surface area contributed by atoms with Crippen LogP contribution < -0.4 is 10.1 Å². The van der Waals surface area contributed by atoms with Gasteiger partial charge in [-0.3, -0.25) is 0 Å². The normalized spacial score (nSPS) is 13.8. The van der Waals surface area contributed by atoms with Gasteiger partial charge in [-0.15, -0.1) is 0 Å². The monoisotopic (exact) mass is 240 g/mol. The molecule has 0 saturated carbocycles. The molecule has 0 bridgehead atoms. The molecule has 3 nitrogen and oxygen atoms in total. The molecule has 5 heteroatoms. The van der Waals surface area contributed by atoms with Crippen molar-refractivity contribution in [3.63, 3.8) is 0 Å². The van der Waals surface area contributed by atoms with Gasteiger partial charge in [-0.2, -0.15) is 9.65 Å². The van der Waals surface area contributed by atoms with E-state index in [2.05, 4.69) is 11.4 Å². The molecule has 0 fully saturated rings. The quantitative estimate of drug-likeness (QED) is 0.858. The summed E-state index contributed by atoms with van der Waals surface area (Å²) in [4.78, 5) is 0. The number of benzene rings is 1. The lowest BCUT2D eigenvalue weighted by atomic mass is 10.0. The van der Waals surface area contributed by atoms with E-state index in [0.717, 1.165) is 6.07 Å². The predicted octanol–water partition coefficient (Wildman–Crippen LogP) is 2.24. The molecular formula is C12H14F2N2O. The van der Waals surface area contributed by atoms with E-state index in [1.165, 1.54) is 12.1 Å². The molecule has 1 unspecified atom stereocenters. The number of halogens is 2. The Morgan fingerprint density at radius 2 is 2.18 bits per heavy atom. The van der Waals surface area contributed by atoms with Gasteiger partial charge in [-0.25, -0.2) is 4.39 Å². The standard InChI is InChI=1S/C12H14F2N2O/c1-12(8-15,16-2)6-7-17-10-5-3-4-9(13)11(10)14/h3-5,16H,6-7H2,1-2H3. The highest BCUT2D eigenvalue weighted by atomic mass is 19.2. The number of ether oxygens (including phenoxy) is 1. The molecule has 0 aliphatic rings. The highest BCUT2D eigenvalue weighted by molar-refractivity contribution is 5.25. The number of nitrogens with zero attached hydrogens (tertiary/aromatic N) is 1. The van der Waals surface area contributed by atoms with E-state index in [9.17, 15) is 8.78 Å². The largest absolute Gasteiger partial charge is 0.490 e. The number of hydrogen-bond acceptors (Lipinski definition) is 3. The van der Waals surface area contributed by atoms with Crippen LogP contribution in [0.4, 0.5) is 8.78 Å². The lowest BCUT2D eigenvalue weighted by Gasteiger charge is -2.20. The third-order valence-corrected chi connectivity index (χ3v) is 2.57. The van der Waals surface area contributed by atoms with Gasteiger partial charge in [0.2, 0.25) is 5.82 Å². The minimum atomic E-state index is -1.00. The summed E-state index contributed by atoms with van der Waals surface area (Å²) in [5.74, 6) is -2.09. The molecule has 0 heterocycles. The Bertz CT molecular complexity index is 431. The van der Waals surface area contributed by atoms with Gasteiger partial charge in [0.1, 0.15) is 5.54 Å². The summed E-state index contributed by atoms with van der Waals surface area (Å²) in [6, 6.07) is 5.82. The van der Waals surface area contributed by atoms with Crippen LogP contribution in [0.25, 0.3) is 0 Å². The number of nitrogens with one attached hydrogen (secondary N) is 1. The van der Waals surface area contributed by atoms with Crippen LogP contribution in [0.2, 0.25) is 0 Å². The summed E-state index contributed by atoms with van der Waals surface area (Å²) in [6.45, 7) is 1.84. The van der Waals surface area contributed by atoms with Crippen LogP contribution in [0.1, 0.15) is 13.3 Å². The van der Waals surface area contributed by atoms with Crippen molar-refractivity contribution in [2.75, 3.05) is 13.7 Å². The highest BCUT2D eigenvalue weighted by Gasteiger charge is 2.21. The molecule has 0 spiro atoms. The van der Waals surface area contributed by atoms with Crippen molar-refractivity contribution in [1.29, 1.82) is 5.26 Å². The smallest absolute Gasteiger partial charge is 0.200 e. The van der Waals surface area contributed by atoms with E-state index in [-0.39, 0.29) is 12.4 Å². The fourth-order valence-electron chi connectivity index (χ4n) is 1.20. The lowest BCUT2D eigenvalue weighted by Crippen LogP contribution is -2.39. The Morgan fingerprint density at radius 1 is 1.47 bits per heavy atom. The van der Waals surface area contributed by atoms with Gasteiger partial charge >= 0.3 is 0 Å². The van der Waals surface area contributed by atoms with Gasteiger partial charge in [0.15, 0.2) is 11.6 Å². The third-order valence-electron chi connectivity index (χ3n) is 2.57. The van der Waals surface area contributed by atoms with Crippen molar-refractivity contribution >= 4 is 0 Å². The molecule has 92 valence electrons. The molecule has 1 atom stereocenters. The average molecular weight is 240 g/mol. The zero-order chi connectivity index (χ0) is 12.9. The summed E-state index contributed by atoms with van der Waals surface area (Å²) in [5.41, 5.74) is -0.732. The number of hydrogen-bond donors (Lipinski definition) is 1. The molecule has 17 heavy (non-hydrogen) atoms. The SMILES string of the molecule is CNC(C)(C#N)CCOc1cccc(F)c1F. The van der Waals surface area contributed by atoms with Gasteiger partial charge in [-0.05, 0) is 26.1 Å². The van der Waals surface area contributed by atoms with E-state index in [1.54, 1.807) is 14.0 Å². The summed E-state index contributed by atoms with van der Waals surface area (Å²) in [5, 5.41) is 11.7. The fourth-order valence-corrected chi connectivity index (χ4v) is 1.20. The van der Waals surface area contributed by atoms with Crippen molar-refractivity contribution < 1.29 is 13.5 Å². The number of rotatable bonds is 5. The zero-order valence-corrected chi connectivity index (χ0v) is 9.76. The van der Waals surface area contributed by atoms with E-state index < -0.39 is 17.2 Å². The highest BCUT2D eigenvalue weighted by Crippen LogP contribution is 2.20. The summed E-state index contributed by atoms with van der Waals surface area (Å²) in [6.07, 6.45) is 0.371. The molecule has 1 rings (SSSR count). The van der Waals surface area contributed by atoms with Crippen LogP contribution >= 0.6 is 0 Å². The van der Waals surface area contributed by atoms with Crippen LogP contribution in [0.5, 0.6) is 5.75 Å². The Labute approximate surface area is 99.0 Å². The lowest BCUT2D eigenvalue weighted by molar-refractivity contribution is 0.259. The minimum absolute atomic E-state index is 0.130. The van der Waals surface area contributed by atoms with Crippen LogP contribution in [0, 0.1) is 23.0 Å². The first-order valence-electron chi connectivity index (χ1n) is 5.19. The average Bonchev–Trinajstić information content (AvgIpc) is 2.34. The van der Waals surface area contributed by atoms with Crippen LogP contribution in [-0.2, 0) is 0 Å². The van der Waals surface area contributed by atoms with Crippen molar-refractivity contribution in [2.24, 2.45) is 0 Å². The first-order chi connectivity index (χ1) is 8.02. The molecule has 0 radical (unpaired) electrons. The zero-order valence-electron chi connectivity index (χ0n) is 9.76. The first kappa shape index (κ1) is 13.4. The van der Waals surface area contributed by atoms with E-state index >= 15 is 0 Å². The Kier molecular flexibility index (Phi) is 4.41. The molecule has 1 N–H and O–H groups in total. The molecule has 0 aliphatic heterocycles. The maximum absolute atomic E-state index is 13.2. The van der Waals surface area contributed by atoms with Gasteiger partial charge in [0.25, 0.3) is 0 Å². The number of nitriles is 1. The van der Waals surface area contributed by atoms with Gasteiger partial charge in [0, 0.05) is 6.42 Å². The van der Waals surface area contributed by atoms with Gasteiger partial charge in [-0.1, -0.05) is 6.07 Å². The molecule has 1 aromatic rings. The third kappa shape index (κ3) is 3.40. The van der Waals surface area contributed by atoms with Gasteiger partial charge in [0.05, 0.1) is 12.7 Å². The van der Waals surface area contributed by atoms with Gasteiger partial charge < -0.3 is 10.1 Å². The van der Waals surface area contributed by atoms with Crippen molar-refractivity contribution in [3.05, 3.63) is 29.8 Å². The van der Waals surface area contributed by atoms with E-state index in [0.29, 0.717) is 6.42 Å².